The van der Waals surface area contributed by atoms with Crippen LogP contribution in [0.1, 0.15) is 22.3 Å². The molecule has 2 N–H and O–H groups in total. The Bertz CT molecular complexity index is 1460. The topological polar surface area (TPSA) is 161 Å². The first-order valence-electron chi connectivity index (χ1n) is 11.2. The Morgan fingerprint density at radius 3 is 2.19 bits per heavy atom. The third-order valence-corrected chi connectivity index (χ3v) is 6.92. The first-order valence-corrected chi connectivity index (χ1v) is 12.7. The average Bonchev–Trinajstić information content (AvgIpc) is 3.17. The van der Waals surface area contributed by atoms with Gasteiger partial charge in [-0.15, -0.1) is 0 Å². The second-order valence-electron chi connectivity index (χ2n) is 8.36. The van der Waals surface area contributed by atoms with Gasteiger partial charge in [0.1, 0.15) is 6.04 Å². The first-order chi connectivity index (χ1) is 17.6. The Morgan fingerprint density at radius 2 is 1.62 bits per heavy atom. The van der Waals surface area contributed by atoms with Gasteiger partial charge in [0, 0.05) is 24.2 Å². The van der Waals surface area contributed by atoms with Crippen LogP contribution >= 0.6 is 0 Å². The number of anilines is 1. The fraction of sp³-hybridized carbons (Fsp3) is 0.160. The monoisotopic (exact) mass is 522 g/mol. The molecule has 12 heteroatoms. The molecule has 0 spiro atoms. The minimum Gasteiger partial charge on any atom is -0.326 e. The molecule has 0 bridgehead atoms. The van der Waals surface area contributed by atoms with Crippen molar-refractivity contribution in [1.82, 2.24) is 4.90 Å². The number of carbonyl (C=O) groups is 3. The molecule has 3 aromatic rings. The Morgan fingerprint density at radius 1 is 1.00 bits per heavy atom. The van der Waals surface area contributed by atoms with Crippen LogP contribution in [0.4, 0.5) is 11.4 Å². The van der Waals surface area contributed by atoms with Gasteiger partial charge in [-0.05, 0) is 48.4 Å². The van der Waals surface area contributed by atoms with Crippen LogP contribution in [0, 0.1) is 10.1 Å². The molecule has 0 radical (unpaired) electrons. The number of nitrogens with zero attached hydrogens (tertiary/aromatic N) is 3. The van der Waals surface area contributed by atoms with E-state index in [4.69, 9.17) is 5.14 Å². The molecule has 1 saturated heterocycles. The van der Waals surface area contributed by atoms with Gasteiger partial charge in [-0.1, -0.05) is 30.3 Å². The van der Waals surface area contributed by atoms with Gasteiger partial charge < -0.3 is 4.90 Å². The summed E-state index contributed by atoms with van der Waals surface area (Å²) in [6.07, 6.45) is 0.129. The predicted molar refractivity (Wildman–Crippen MR) is 133 cm³/mol. The molecule has 0 aliphatic carbocycles. The van der Waals surface area contributed by atoms with Crippen molar-refractivity contribution in [3.05, 3.63) is 100 Å². The smallest absolute Gasteiger partial charge is 0.269 e. The molecule has 190 valence electrons. The van der Waals surface area contributed by atoms with Crippen LogP contribution in [-0.4, -0.2) is 48.5 Å². The highest BCUT2D eigenvalue weighted by molar-refractivity contribution is 7.89. The van der Waals surface area contributed by atoms with Crippen LogP contribution in [0.15, 0.2) is 83.8 Å². The minimum atomic E-state index is -3.96. The number of primary sulfonamides is 1. The molecule has 0 aromatic heterocycles. The van der Waals surface area contributed by atoms with Crippen molar-refractivity contribution < 1.29 is 27.7 Å². The van der Waals surface area contributed by atoms with Crippen molar-refractivity contribution in [2.75, 3.05) is 11.4 Å². The zero-order valence-electron chi connectivity index (χ0n) is 19.4. The number of non-ortho nitro benzene ring substituents is 1. The fourth-order valence-electron chi connectivity index (χ4n) is 4.10. The van der Waals surface area contributed by atoms with E-state index in [1.54, 1.807) is 0 Å². The van der Waals surface area contributed by atoms with Gasteiger partial charge in [-0.3, -0.25) is 24.5 Å². The van der Waals surface area contributed by atoms with E-state index in [-0.39, 0.29) is 34.8 Å². The summed E-state index contributed by atoms with van der Waals surface area (Å²) >= 11 is 0. The molecule has 37 heavy (non-hydrogen) atoms. The van der Waals surface area contributed by atoms with Crippen LogP contribution in [0.2, 0.25) is 0 Å². The van der Waals surface area contributed by atoms with Gasteiger partial charge in [0.05, 0.1) is 21.9 Å². The van der Waals surface area contributed by atoms with Crippen LogP contribution in [0.3, 0.4) is 0 Å². The fourth-order valence-corrected chi connectivity index (χ4v) is 4.62. The van der Waals surface area contributed by atoms with Crippen LogP contribution < -0.4 is 10.0 Å². The van der Waals surface area contributed by atoms with Gasteiger partial charge in [-0.2, -0.15) is 0 Å². The van der Waals surface area contributed by atoms with Crippen molar-refractivity contribution in [3.8, 4) is 0 Å². The van der Waals surface area contributed by atoms with Crippen LogP contribution in [-0.2, 0) is 26.0 Å². The number of benzene rings is 3. The lowest BCUT2D eigenvalue weighted by Gasteiger charge is -2.28. The summed E-state index contributed by atoms with van der Waals surface area (Å²) in [6.45, 7) is 0.113. The second-order valence-corrected chi connectivity index (χ2v) is 9.93. The largest absolute Gasteiger partial charge is 0.326 e. The van der Waals surface area contributed by atoms with Crippen molar-refractivity contribution in [2.24, 2.45) is 5.14 Å². The zero-order chi connectivity index (χ0) is 26.7. The van der Waals surface area contributed by atoms with E-state index in [0.29, 0.717) is 6.42 Å². The van der Waals surface area contributed by atoms with Crippen LogP contribution in [0.25, 0.3) is 0 Å². The maximum absolute atomic E-state index is 13.5. The predicted octanol–water partition coefficient (Wildman–Crippen LogP) is 2.26. The molecular weight excluding hydrogens is 500 g/mol. The molecule has 1 atom stereocenters. The normalized spacial score (nSPS) is 15.6. The number of nitro groups is 1. The molecule has 1 aliphatic heterocycles. The first kappa shape index (κ1) is 25.7. The maximum atomic E-state index is 13.5. The van der Waals surface area contributed by atoms with Gasteiger partial charge in [0.2, 0.25) is 15.9 Å². The molecule has 1 fully saturated rings. The summed E-state index contributed by atoms with van der Waals surface area (Å²) in [7, 11) is -3.96. The Kier molecular flexibility index (Phi) is 7.14. The summed E-state index contributed by atoms with van der Waals surface area (Å²) in [5, 5.41) is 16.1. The van der Waals surface area contributed by atoms with E-state index in [9.17, 15) is 32.9 Å². The summed E-state index contributed by atoms with van der Waals surface area (Å²) in [5.74, 6) is -1.75. The molecule has 4 rings (SSSR count). The highest BCUT2D eigenvalue weighted by Crippen LogP contribution is 2.28. The third-order valence-electron chi connectivity index (χ3n) is 5.99. The number of hydrogen-bond donors (Lipinski definition) is 1. The number of carbonyl (C=O) groups excluding carboxylic acids is 3. The van der Waals surface area contributed by atoms with Gasteiger partial charge in [0.25, 0.3) is 17.5 Å². The van der Waals surface area contributed by atoms with E-state index in [1.807, 2.05) is 30.3 Å². The van der Waals surface area contributed by atoms with Crippen molar-refractivity contribution >= 4 is 39.1 Å². The molecule has 1 unspecified atom stereocenters. The average molecular weight is 523 g/mol. The summed E-state index contributed by atoms with van der Waals surface area (Å²) < 4.78 is 23.1. The van der Waals surface area contributed by atoms with Crippen LogP contribution in [0.5, 0.6) is 0 Å². The summed E-state index contributed by atoms with van der Waals surface area (Å²) in [4.78, 5) is 52.2. The van der Waals surface area contributed by atoms with E-state index in [1.165, 1.54) is 53.4 Å². The number of rotatable bonds is 8. The molecule has 1 aliphatic rings. The van der Waals surface area contributed by atoms with E-state index >= 15 is 0 Å². The number of amides is 3. The standard InChI is InChI=1S/C25H22N4O7S/c26-37(35,36)21-12-10-19(11-13-21)28-23(30)16-22(25(28)32)27(15-14-17-4-2-1-3-5-17)24(31)18-6-8-20(9-7-18)29(33)34/h1-13,22H,14-16H2,(H2,26,35,36). The lowest BCUT2D eigenvalue weighted by molar-refractivity contribution is -0.384. The summed E-state index contributed by atoms with van der Waals surface area (Å²) in [6, 6.07) is 18.1. The Labute approximate surface area is 212 Å². The number of nitrogens with two attached hydrogens (primary N) is 1. The molecule has 3 aromatic carbocycles. The quantitative estimate of drug-likeness (QED) is 0.270. The molecule has 1 heterocycles. The Balaban J connectivity index is 1.63. The highest BCUT2D eigenvalue weighted by atomic mass is 32.2. The van der Waals surface area contributed by atoms with Gasteiger partial charge in [0.15, 0.2) is 0 Å². The third kappa shape index (κ3) is 5.55. The van der Waals surface area contributed by atoms with E-state index in [0.717, 1.165) is 10.5 Å². The van der Waals surface area contributed by atoms with Gasteiger partial charge in [-0.25, -0.2) is 18.5 Å². The number of hydrogen-bond acceptors (Lipinski definition) is 7. The second kappa shape index (κ2) is 10.3. The molecule has 3 amide bonds. The number of nitro benzene ring substituents is 1. The van der Waals surface area contributed by atoms with Crippen molar-refractivity contribution in [1.29, 1.82) is 0 Å². The SMILES string of the molecule is NS(=O)(=O)c1ccc(N2C(=O)CC(N(CCc3ccccc3)C(=O)c3ccc([N+](=O)[O-])cc3)C2=O)cc1. The van der Waals surface area contributed by atoms with E-state index in [2.05, 4.69) is 0 Å². The van der Waals surface area contributed by atoms with Gasteiger partial charge >= 0.3 is 0 Å². The molecule has 0 saturated carbocycles. The van der Waals surface area contributed by atoms with Crippen molar-refractivity contribution in [2.45, 2.75) is 23.8 Å². The maximum Gasteiger partial charge on any atom is 0.269 e. The Hall–Kier alpha value is -4.42. The number of imide groups is 1. The minimum absolute atomic E-state index is 0.113. The lowest BCUT2D eigenvalue weighted by Crippen LogP contribution is -2.46. The molecular formula is C25H22N4O7S. The number of sulfonamides is 1. The van der Waals surface area contributed by atoms with Crippen molar-refractivity contribution in [3.63, 3.8) is 0 Å². The van der Waals surface area contributed by atoms with E-state index < -0.39 is 38.7 Å². The highest BCUT2D eigenvalue weighted by Gasteiger charge is 2.44. The zero-order valence-corrected chi connectivity index (χ0v) is 20.2. The lowest BCUT2D eigenvalue weighted by atomic mass is 10.1. The molecule has 11 nitrogen and oxygen atoms in total. The summed E-state index contributed by atoms with van der Waals surface area (Å²) in [5.41, 5.74) is 1.01.